The summed E-state index contributed by atoms with van der Waals surface area (Å²) in [6.45, 7) is 1.90. The summed E-state index contributed by atoms with van der Waals surface area (Å²) in [5.41, 5.74) is 1.46. The van der Waals surface area contributed by atoms with Gasteiger partial charge in [0.25, 0.3) is 15.9 Å². The van der Waals surface area contributed by atoms with Gasteiger partial charge in [0.1, 0.15) is 0 Å². The van der Waals surface area contributed by atoms with E-state index < -0.39 is 10.0 Å². The molecular weight excluding hydrogens is 372 g/mol. The van der Waals surface area contributed by atoms with E-state index in [1.54, 1.807) is 18.2 Å². The lowest BCUT2D eigenvalue weighted by atomic mass is 9.96. The minimum absolute atomic E-state index is 0.00650. The van der Waals surface area contributed by atoms with E-state index in [0.29, 0.717) is 17.4 Å². The average Bonchev–Trinajstić information content (AvgIpc) is 3.31. The minimum Gasteiger partial charge on any atom is -0.296 e. The zero-order valence-electron chi connectivity index (χ0n) is 14.3. The fourth-order valence-electron chi connectivity index (χ4n) is 3.96. The first-order valence-electron chi connectivity index (χ1n) is 8.64. The highest BCUT2D eigenvalue weighted by atomic mass is 32.2. The van der Waals surface area contributed by atoms with Crippen LogP contribution in [-0.2, 0) is 10.0 Å². The first-order valence-corrected chi connectivity index (χ1v) is 10.9. The van der Waals surface area contributed by atoms with Crippen molar-refractivity contribution in [2.75, 3.05) is 5.32 Å². The van der Waals surface area contributed by atoms with E-state index >= 15 is 0 Å². The molecule has 2 aliphatic carbocycles. The molecule has 0 spiro atoms. The van der Waals surface area contributed by atoms with Crippen molar-refractivity contribution in [1.29, 1.82) is 0 Å². The number of hydrogen-bond donors (Lipinski definition) is 2. The van der Waals surface area contributed by atoms with E-state index in [2.05, 4.69) is 20.2 Å². The Kier molecular flexibility index (Phi) is 4.54. The Bertz CT molecular complexity index is 941. The van der Waals surface area contributed by atoms with Gasteiger partial charge in [0.15, 0.2) is 0 Å². The summed E-state index contributed by atoms with van der Waals surface area (Å²) in [5.74, 6) is 0.740. The molecule has 3 atom stereocenters. The van der Waals surface area contributed by atoms with Crippen LogP contribution < -0.4 is 10.0 Å². The first kappa shape index (κ1) is 17.6. The Balaban J connectivity index is 1.44. The molecule has 2 aliphatic rings. The number of aryl methyl sites for hydroxylation is 1. The van der Waals surface area contributed by atoms with E-state index in [9.17, 15) is 13.2 Å². The van der Waals surface area contributed by atoms with Gasteiger partial charge >= 0.3 is 0 Å². The molecule has 7 nitrogen and oxygen atoms in total. The number of hydrogen-bond acceptors (Lipinski definition) is 6. The molecule has 1 aromatic heterocycles. The van der Waals surface area contributed by atoms with Crippen LogP contribution in [0.15, 0.2) is 28.6 Å². The lowest BCUT2D eigenvalue weighted by molar-refractivity contribution is 0.102. The molecule has 26 heavy (non-hydrogen) atoms. The molecular formula is C17H20N4O3S2. The van der Waals surface area contributed by atoms with Crippen LogP contribution in [0.1, 0.15) is 41.6 Å². The molecule has 2 N–H and O–H groups in total. The van der Waals surface area contributed by atoms with Gasteiger partial charge in [0.05, 0.1) is 0 Å². The molecule has 4 rings (SSSR count). The van der Waals surface area contributed by atoms with Crippen LogP contribution in [0.5, 0.6) is 0 Å². The molecule has 2 bridgehead atoms. The van der Waals surface area contributed by atoms with Gasteiger partial charge in [-0.15, -0.1) is 10.2 Å². The topological polar surface area (TPSA) is 101 Å². The maximum absolute atomic E-state index is 12.6. The summed E-state index contributed by atoms with van der Waals surface area (Å²) in [5, 5.41) is 10.4. The molecule has 1 heterocycles. The van der Waals surface area contributed by atoms with Gasteiger partial charge in [-0.25, -0.2) is 13.1 Å². The van der Waals surface area contributed by atoms with Crippen molar-refractivity contribution in [3.05, 3.63) is 35.4 Å². The van der Waals surface area contributed by atoms with Gasteiger partial charge in [-0.1, -0.05) is 35.5 Å². The van der Waals surface area contributed by atoms with Crippen molar-refractivity contribution in [2.45, 2.75) is 43.0 Å². The largest absolute Gasteiger partial charge is 0.296 e. The van der Waals surface area contributed by atoms with E-state index in [0.717, 1.165) is 36.2 Å². The number of sulfonamides is 1. The molecule has 3 unspecified atom stereocenters. The van der Waals surface area contributed by atoms with E-state index in [1.807, 2.05) is 13.0 Å². The molecule has 138 valence electrons. The number of anilines is 1. The van der Waals surface area contributed by atoms with Crippen LogP contribution in [0.2, 0.25) is 0 Å². The summed E-state index contributed by atoms with van der Waals surface area (Å²) in [6, 6.07) is 7.13. The molecule has 0 aliphatic heterocycles. The molecule has 1 amide bonds. The molecule has 0 radical (unpaired) electrons. The van der Waals surface area contributed by atoms with Crippen LogP contribution in [0.25, 0.3) is 0 Å². The maximum atomic E-state index is 12.6. The quantitative estimate of drug-likeness (QED) is 0.762. The van der Waals surface area contributed by atoms with Gasteiger partial charge in [0.2, 0.25) is 9.47 Å². The molecule has 2 saturated carbocycles. The molecule has 2 aromatic rings. The number of amides is 1. The van der Waals surface area contributed by atoms with Crippen LogP contribution in [0, 0.1) is 18.8 Å². The lowest BCUT2D eigenvalue weighted by Crippen LogP contribution is -2.38. The SMILES string of the molecule is Cc1cccc(C(=O)Nc2nnc(S(=O)(=O)NC3CC4CCC3C4)s2)c1. The van der Waals surface area contributed by atoms with E-state index in [-0.39, 0.29) is 21.4 Å². The number of fused-ring (bicyclic) bond motifs is 2. The number of nitrogens with zero attached hydrogens (tertiary/aromatic N) is 2. The van der Waals surface area contributed by atoms with Gasteiger partial charge in [-0.3, -0.25) is 10.1 Å². The van der Waals surface area contributed by atoms with Gasteiger partial charge < -0.3 is 0 Å². The van der Waals surface area contributed by atoms with Crippen molar-refractivity contribution in [3.63, 3.8) is 0 Å². The Hall–Kier alpha value is -1.84. The second-order valence-corrected chi connectivity index (χ2v) is 9.96. The summed E-state index contributed by atoms with van der Waals surface area (Å²) in [6.07, 6.45) is 4.31. The number of aromatic nitrogens is 2. The monoisotopic (exact) mass is 392 g/mol. The average molecular weight is 393 g/mol. The summed E-state index contributed by atoms with van der Waals surface area (Å²) >= 11 is 0.866. The summed E-state index contributed by atoms with van der Waals surface area (Å²) in [4.78, 5) is 12.3. The lowest BCUT2D eigenvalue weighted by Gasteiger charge is -2.21. The van der Waals surface area contributed by atoms with E-state index in [1.165, 1.54) is 6.42 Å². The van der Waals surface area contributed by atoms with Crippen LogP contribution in [0.4, 0.5) is 5.13 Å². The highest BCUT2D eigenvalue weighted by molar-refractivity contribution is 7.91. The standard InChI is InChI=1S/C17H20N4O3S2/c1-10-3-2-4-13(7-10)15(22)18-16-19-20-17(25-16)26(23,24)21-14-9-11-5-6-12(14)8-11/h2-4,7,11-12,14,21H,5-6,8-9H2,1H3,(H,18,19,22). The third-order valence-electron chi connectivity index (χ3n) is 5.18. The minimum atomic E-state index is -3.71. The summed E-state index contributed by atoms with van der Waals surface area (Å²) in [7, 11) is -3.71. The molecule has 1 aromatic carbocycles. The van der Waals surface area contributed by atoms with Gasteiger partial charge in [0, 0.05) is 11.6 Å². The number of carbonyl (C=O) groups excluding carboxylic acids is 1. The number of benzene rings is 1. The normalized spacial score (nSPS) is 24.7. The van der Waals surface area contributed by atoms with E-state index in [4.69, 9.17) is 0 Å². The van der Waals surface area contributed by atoms with Crippen LogP contribution >= 0.6 is 11.3 Å². The van der Waals surface area contributed by atoms with Crippen molar-refractivity contribution in [3.8, 4) is 0 Å². The van der Waals surface area contributed by atoms with Crippen LogP contribution in [-0.4, -0.2) is 30.6 Å². The second kappa shape index (κ2) is 6.71. The van der Waals surface area contributed by atoms with Gasteiger partial charge in [-0.05, 0) is 50.2 Å². The first-order chi connectivity index (χ1) is 12.4. The Morgan fingerprint density at radius 3 is 2.77 bits per heavy atom. The Labute approximate surface area is 156 Å². The highest BCUT2D eigenvalue weighted by Gasteiger charge is 2.41. The summed E-state index contributed by atoms with van der Waals surface area (Å²) < 4.78 is 27.8. The second-order valence-electron chi connectivity index (χ2n) is 7.10. The van der Waals surface area contributed by atoms with Crippen LogP contribution in [0.3, 0.4) is 0 Å². The number of carbonyl (C=O) groups is 1. The highest BCUT2D eigenvalue weighted by Crippen LogP contribution is 2.44. The Morgan fingerprint density at radius 1 is 1.23 bits per heavy atom. The molecule has 2 fully saturated rings. The predicted octanol–water partition coefficient (Wildman–Crippen LogP) is 2.57. The number of rotatable bonds is 5. The Morgan fingerprint density at radius 2 is 2.08 bits per heavy atom. The van der Waals surface area contributed by atoms with Crippen molar-refractivity contribution in [2.24, 2.45) is 11.8 Å². The van der Waals surface area contributed by atoms with Crippen molar-refractivity contribution < 1.29 is 13.2 Å². The smallest absolute Gasteiger partial charge is 0.270 e. The number of nitrogens with one attached hydrogen (secondary N) is 2. The molecule has 9 heteroatoms. The maximum Gasteiger partial charge on any atom is 0.270 e. The van der Waals surface area contributed by atoms with Crippen molar-refractivity contribution >= 4 is 32.4 Å². The third-order valence-corrected chi connectivity index (χ3v) is 7.88. The predicted molar refractivity (Wildman–Crippen MR) is 98.6 cm³/mol. The fraction of sp³-hybridized carbons (Fsp3) is 0.471. The fourth-order valence-corrected chi connectivity index (χ4v) is 6.19. The zero-order chi connectivity index (χ0) is 18.3. The third kappa shape index (κ3) is 3.51. The molecule has 0 saturated heterocycles. The zero-order valence-corrected chi connectivity index (χ0v) is 15.9. The van der Waals surface area contributed by atoms with Crippen molar-refractivity contribution in [1.82, 2.24) is 14.9 Å². The van der Waals surface area contributed by atoms with Gasteiger partial charge in [-0.2, -0.15) is 0 Å².